The van der Waals surface area contributed by atoms with Crippen molar-refractivity contribution in [1.29, 1.82) is 0 Å². The van der Waals surface area contributed by atoms with Crippen molar-refractivity contribution in [2.45, 2.75) is 26.2 Å². The Bertz CT molecular complexity index is 976. The molecule has 1 heterocycles. The van der Waals surface area contributed by atoms with Gasteiger partial charge in [0.25, 0.3) is 0 Å². The van der Waals surface area contributed by atoms with Gasteiger partial charge in [0.1, 0.15) is 5.01 Å². The summed E-state index contributed by atoms with van der Waals surface area (Å²) in [4.78, 5) is 26.4. The predicted molar refractivity (Wildman–Crippen MR) is 123 cm³/mol. The number of anilines is 1. The quantitative estimate of drug-likeness (QED) is 0.472. The molecule has 0 radical (unpaired) electrons. The summed E-state index contributed by atoms with van der Waals surface area (Å²) in [5, 5.41) is 12.2. The Labute approximate surface area is 188 Å². The number of nitrogens with zero attached hydrogens (tertiary/aromatic N) is 3. The molecule has 6 nitrogen and oxygen atoms in total. The van der Waals surface area contributed by atoms with Crippen LogP contribution in [0.4, 0.5) is 5.13 Å². The van der Waals surface area contributed by atoms with Gasteiger partial charge in [-0.15, -0.1) is 10.2 Å². The van der Waals surface area contributed by atoms with E-state index in [0.29, 0.717) is 24.6 Å². The van der Waals surface area contributed by atoms with Crippen LogP contribution in [0.5, 0.6) is 0 Å². The minimum atomic E-state index is -0.179. The number of carbonyl (C=O) groups excluding carboxylic acids is 2. The molecule has 30 heavy (non-hydrogen) atoms. The summed E-state index contributed by atoms with van der Waals surface area (Å²) < 4.78 is 0.989. The number of hydrogen-bond acceptors (Lipinski definition) is 5. The molecule has 0 saturated heterocycles. The number of nitrogens with one attached hydrogen (secondary N) is 1. The lowest BCUT2D eigenvalue weighted by molar-refractivity contribution is -0.131. The second-order valence-electron chi connectivity index (χ2n) is 6.69. The number of benzene rings is 2. The molecular weight excluding hydrogens is 464 g/mol. The Morgan fingerprint density at radius 1 is 1.03 bits per heavy atom. The number of halogens is 1. The topological polar surface area (TPSA) is 75.2 Å². The number of amides is 2. The summed E-state index contributed by atoms with van der Waals surface area (Å²) in [7, 11) is 0. The summed E-state index contributed by atoms with van der Waals surface area (Å²) in [5.74, 6) is -0.130. The molecule has 0 atom stereocenters. The number of rotatable bonds is 9. The van der Waals surface area contributed by atoms with Crippen LogP contribution in [0.15, 0.2) is 59.1 Å². The van der Waals surface area contributed by atoms with E-state index in [1.807, 2.05) is 61.5 Å². The molecule has 2 amide bonds. The molecule has 1 N–H and O–H groups in total. The zero-order chi connectivity index (χ0) is 21.3. The summed E-state index contributed by atoms with van der Waals surface area (Å²) in [6, 6.07) is 17.8. The van der Waals surface area contributed by atoms with Crippen LogP contribution >= 0.6 is 27.3 Å². The summed E-state index contributed by atoms with van der Waals surface area (Å²) in [6.45, 7) is 2.81. The Morgan fingerprint density at radius 3 is 2.47 bits per heavy atom. The Morgan fingerprint density at radius 2 is 1.77 bits per heavy atom. The van der Waals surface area contributed by atoms with Gasteiger partial charge in [0, 0.05) is 36.0 Å². The van der Waals surface area contributed by atoms with Gasteiger partial charge in [-0.3, -0.25) is 9.59 Å². The third-order valence-corrected chi connectivity index (χ3v) is 5.96. The third-order valence-electron chi connectivity index (χ3n) is 4.54. The van der Waals surface area contributed by atoms with E-state index in [-0.39, 0.29) is 18.2 Å². The van der Waals surface area contributed by atoms with Crippen molar-refractivity contribution in [2.24, 2.45) is 0 Å². The maximum Gasteiger partial charge on any atom is 0.227 e. The first-order valence-electron chi connectivity index (χ1n) is 9.76. The van der Waals surface area contributed by atoms with Gasteiger partial charge in [0.2, 0.25) is 16.9 Å². The average Bonchev–Trinajstić information content (AvgIpc) is 3.22. The lowest BCUT2D eigenvalue weighted by atomic mass is 10.1. The van der Waals surface area contributed by atoms with E-state index in [1.54, 1.807) is 4.90 Å². The number of hydrogen-bond donors (Lipinski definition) is 1. The maximum absolute atomic E-state index is 12.4. The molecule has 0 spiro atoms. The molecule has 8 heteroatoms. The molecule has 0 aliphatic carbocycles. The molecule has 0 fully saturated rings. The Kier molecular flexibility index (Phi) is 8.10. The first-order valence-corrected chi connectivity index (χ1v) is 11.4. The van der Waals surface area contributed by atoms with E-state index in [2.05, 4.69) is 31.4 Å². The van der Waals surface area contributed by atoms with Gasteiger partial charge < -0.3 is 10.2 Å². The molecule has 0 aliphatic heterocycles. The van der Waals surface area contributed by atoms with Crippen molar-refractivity contribution in [3.8, 4) is 10.6 Å². The molecule has 1 aromatic heterocycles. The van der Waals surface area contributed by atoms with Gasteiger partial charge >= 0.3 is 0 Å². The van der Waals surface area contributed by atoms with Gasteiger partial charge in [0.05, 0.1) is 0 Å². The van der Waals surface area contributed by atoms with Crippen LogP contribution in [-0.4, -0.2) is 40.0 Å². The molecule has 0 aliphatic rings. The highest BCUT2D eigenvalue weighted by Crippen LogP contribution is 2.27. The fourth-order valence-electron chi connectivity index (χ4n) is 2.89. The van der Waals surface area contributed by atoms with Crippen LogP contribution in [0.2, 0.25) is 0 Å². The van der Waals surface area contributed by atoms with Crippen molar-refractivity contribution in [2.75, 3.05) is 18.4 Å². The zero-order valence-corrected chi connectivity index (χ0v) is 19.1. The van der Waals surface area contributed by atoms with Crippen LogP contribution in [0, 0.1) is 0 Å². The van der Waals surface area contributed by atoms with E-state index in [4.69, 9.17) is 0 Å². The Balaban J connectivity index is 1.52. The molecule has 156 valence electrons. The highest BCUT2D eigenvalue weighted by atomic mass is 79.9. The van der Waals surface area contributed by atoms with Crippen LogP contribution in [0.3, 0.4) is 0 Å². The van der Waals surface area contributed by atoms with Crippen LogP contribution < -0.4 is 5.32 Å². The van der Waals surface area contributed by atoms with Gasteiger partial charge in [-0.2, -0.15) is 0 Å². The smallest absolute Gasteiger partial charge is 0.227 e. The lowest BCUT2D eigenvalue weighted by Gasteiger charge is -2.22. The summed E-state index contributed by atoms with van der Waals surface area (Å²) in [5.41, 5.74) is 2.11. The SMILES string of the molecule is CCC(=O)N(CCC(=O)Nc1nnc(-c2ccc(Br)cc2)s1)CCc1ccccc1. The molecule has 0 bridgehead atoms. The fourth-order valence-corrected chi connectivity index (χ4v) is 3.92. The standard InChI is InChI=1S/C22H23BrN4O2S/c1-2-20(29)27(14-12-16-6-4-3-5-7-16)15-13-19(28)24-22-26-25-21(30-22)17-8-10-18(23)11-9-17/h3-11H,2,12-15H2,1H3,(H,24,26,28). The van der Waals surface area contributed by atoms with Crippen molar-refractivity contribution < 1.29 is 9.59 Å². The highest BCUT2D eigenvalue weighted by Gasteiger charge is 2.15. The van der Waals surface area contributed by atoms with E-state index >= 15 is 0 Å². The normalized spacial score (nSPS) is 10.6. The maximum atomic E-state index is 12.4. The summed E-state index contributed by atoms with van der Waals surface area (Å²) >= 11 is 4.73. The van der Waals surface area contributed by atoms with Crippen molar-refractivity contribution in [3.05, 3.63) is 64.6 Å². The molecule has 3 aromatic rings. The second-order valence-corrected chi connectivity index (χ2v) is 8.58. The van der Waals surface area contributed by atoms with Gasteiger partial charge in [-0.05, 0) is 24.1 Å². The third kappa shape index (κ3) is 6.47. The van der Waals surface area contributed by atoms with E-state index in [0.717, 1.165) is 21.5 Å². The van der Waals surface area contributed by atoms with E-state index in [1.165, 1.54) is 16.9 Å². The van der Waals surface area contributed by atoms with Gasteiger partial charge in [-0.25, -0.2) is 0 Å². The highest BCUT2D eigenvalue weighted by molar-refractivity contribution is 9.10. The number of aromatic nitrogens is 2. The minimum absolute atomic E-state index is 0.0483. The van der Waals surface area contributed by atoms with Gasteiger partial charge in [0.15, 0.2) is 0 Å². The molecule has 3 rings (SSSR count). The Hall–Kier alpha value is -2.58. The van der Waals surface area contributed by atoms with Gasteiger partial charge in [-0.1, -0.05) is 76.7 Å². The van der Waals surface area contributed by atoms with Crippen molar-refractivity contribution in [1.82, 2.24) is 15.1 Å². The predicted octanol–water partition coefficient (Wildman–Crippen LogP) is 4.78. The first kappa shape index (κ1) is 22.1. The molecule has 0 unspecified atom stereocenters. The largest absolute Gasteiger partial charge is 0.342 e. The first-order chi connectivity index (χ1) is 14.5. The molecular formula is C22H23BrN4O2S. The average molecular weight is 487 g/mol. The number of carbonyl (C=O) groups is 2. The molecule has 0 saturated carbocycles. The monoisotopic (exact) mass is 486 g/mol. The second kappa shape index (κ2) is 11.0. The zero-order valence-electron chi connectivity index (χ0n) is 16.7. The van der Waals surface area contributed by atoms with E-state index in [9.17, 15) is 9.59 Å². The molecule has 2 aromatic carbocycles. The van der Waals surface area contributed by atoms with Crippen LogP contribution in [0.1, 0.15) is 25.3 Å². The van der Waals surface area contributed by atoms with E-state index < -0.39 is 0 Å². The summed E-state index contributed by atoms with van der Waals surface area (Å²) in [6.07, 6.45) is 1.40. The fraction of sp³-hybridized carbons (Fsp3) is 0.273. The van der Waals surface area contributed by atoms with Crippen molar-refractivity contribution >= 4 is 44.2 Å². The minimum Gasteiger partial charge on any atom is -0.342 e. The van der Waals surface area contributed by atoms with Crippen LogP contribution in [0.25, 0.3) is 10.6 Å². The van der Waals surface area contributed by atoms with Crippen molar-refractivity contribution in [3.63, 3.8) is 0 Å². The lowest BCUT2D eigenvalue weighted by Crippen LogP contribution is -2.35. The van der Waals surface area contributed by atoms with Crippen LogP contribution in [-0.2, 0) is 16.0 Å².